The zero-order valence-corrected chi connectivity index (χ0v) is 15.9. The molecule has 1 atom stereocenters. The molecule has 0 bridgehead atoms. The Morgan fingerprint density at radius 1 is 1.37 bits per heavy atom. The summed E-state index contributed by atoms with van der Waals surface area (Å²) in [5, 5.41) is 9.42. The van der Waals surface area contributed by atoms with E-state index in [0.29, 0.717) is 5.56 Å². The molecule has 1 fully saturated rings. The van der Waals surface area contributed by atoms with E-state index in [4.69, 9.17) is 16.7 Å². The minimum Gasteiger partial charge on any atom is -0.481 e. The molecule has 0 radical (unpaired) electrons. The van der Waals surface area contributed by atoms with Crippen molar-refractivity contribution in [1.82, 2.24) is 9.80 Å². The summed E-state index contributed by atoms with van der Waals surface area (Å²) in [5.41, 5.74) is 0.540. The number of carboxylic acid groups (broad SMARTS) is 1. The summed E-state index contributed by atoms with van der Waals surface area (Å²) in [6.45, 7) is 0.0976. The molecule has 0 spiro atoms. The van der Waals surface area contributed by atoms with Gasteiger partial charge in [0.15, 0.2) is 0 Å². The molecule has 8 nitrogen and oxygen atoms in total. The van der Waals surface area contributed by atoms with Crippen LogP contribution in [0, 0.1) is 5.82 Å². The fraction of sp³-hybridized carbons (Fsp3) is 0.312. The number of aliphatic imine (C=N–C) groups is 1. The molecule has 1 saturated heterocycles. The molecular formula is C16H15ClFN4O4S+. The maximum atomic E-state index is 13.3. The molecule has 11 heteroatoms. The van der Waals surface area contributed by atoms with E-state index in [0.717, 1.165) is 22.7 Å². The quantitative estimate of drug-likeness (QED) is 0.754. The second-order valence-corrected chi connectivity index (χ2v) is 7.29. The number of carboxylic acids is 1. The fourth-order valence-electron chi connectivity index (χ4n) is 2.81. The first-order chi connectivity index (χ1) is 12.7. The van der Waals surface area contributed by atoms with Gasteiger partial charge in [-0.3, -0.25) is 19.4 Å². The van der Waals surface area contributed by atoms with Crippen LogP contribution in [0.2, 0.25) is 5.02 Å². The molecule has 0 aromatic heterocycles. The van der Waals surface area contributed by atoms with E-state index in [1.165, 1.54) is 31.1 Å². The largest absolute Gasteiger partial charge is 0.481 e. The number of benzene rings is 1. The SMILES string of the molecule is CN1C(=O)C2C(=NC(SCC(=O)O)=[N+]2Cc2ccc(F)cc2Cl)N(C)C1=O. The Hall–Kier alpha value is -2.46. The summed E-state index contributed by atoms with van der Waals surface area (Å²) in [6.07, 6.45) is 0. The zero-order valence-electron chi connectivity index (χ0n) is 14.3. The Kier molecular flexibility index (Phi) is 5.20. The van der Waals surface area contributed by atoms with Gasteiger partial charge in [0.1, 0.15) is 18.1 Å². The number of amides is 3. The number of aliphatic carboxylic acids is 1. The van der Waals surface area contributed by atoms with E-state index in [2.05, 4.69) is 4.99 Å². The van der Waals surface area contributed by atoms with Crippen LogP contribution < -0.4 is 0 Å². The molecule has 1 N–H and O–H groups in total. The Balaban J connectivity index is 2.02. The number of fused-ring (bicyclic) bond motifs is 1. The molecule has 1 aromatic carbocycles. The van der Waals surface area contributed by atoms with Gasteiger partial charge in [-0.15, -0.1) is 0 Å². The maximum Gasteiger partial charge on any atom is 0.358 e. The molecule has 2 aliphatic rings. The van der Waals surface area contributed by atoms with E-state index in [1.807, 2.05) is 0 Å². The number of hydrogen-bond donors (Lipinski definition) is 1. The predicted molar refractivity (Wildman–Crippen MR) is 97.6 cm³/mol. The van der Waals surface area contributed by atoms with Crippen molar-refractivity contribution < 1.29 is 28.5 Å². The number of carbonyl (C=O) groups is 3. The van der Waals surface area contributed by atoms with Crippen molar-refractivity contribution in [3.63, 3.8) is 0 Å². The number of amidine groups is 2. The number of thioether (sulfide) groups is 1. The summed E-state index contributed by atoms with van der Waals surface area (Å²) in [6, 6.07) is 2.46. The van der Waals surface area contributed by atoms with Crippen LogP contribution >= 0.6 is 23.4 Å². The number of rotatable bonds is 4. The molecule has 0 aliphatic carbocycles. The highest BCUT2D eigenvalue weighted by Crippen LogP contribution is 2.26. The van der Waals surface area contributed by atoms with Gasteiger partial charge in [0, 0.05) is 19.7 Å². The van der Waals surface area contributed by atoms with E-state index in [9.17, 15) is 18.8 Å². The monoisotopic (exact) mass is 413 g/mol. The Morgan fingerprint density at radius 3 is 2.70 bits per heavy atom. The average Bonchev–Trinajstić information content (AvgIpc) is 2.97. The van der Waals surface area contributed by atoms with Crippen LogP contribution in [0.25, 0.3) is 0 Å². The van der Waals surface area contributed by atoms with E-state index in [-0.39, 0.29) is 28.3 Å². The summed E-state index contributed by atoms with van der Waals surface area (Å²) < 4.78 is 14.9. The molecule has 3 amide bonds. The minimum absolute atomic E-state index is 0.0976. The van der Waals surface area contributed by atoms with Crippen molar-refractivity contribution in [2.24, 2.45) is 4.99 Å². The topological polar surface area (TPSA) is 93.3 Å². The molecule has 2 aliphatic heterocycles. The third kappa shape index (κ3) is 3.54. The normalized spacial score (nSPS) is 19.6. The molecule has 142 valence electrons. The third-order valence-electron chi connectivity index (χ3n) is 4.17. The van der Waals surface area contributed by atoms with Crippen molar-refractivity contribution in [3.8, 4) is 0 Å². The van der Waals surface area contributed by atoms with Gasteiger partial charge in [0.25, 0.3) is 17.8 Å². The first-order valence-electron chi connectivity index (χ1n) is 7.76. The Bertz CT molecular complexity index is 920. The zero-order chi connectivity index (χ0) is 19.9. The lowest BCUT2D eigenvalue weighted by Crippen LogP contribution is -2.61. The lowest BCUT2D eigenvalue weighted by atomic mass is 10.1. The lowest BCUT2D eigenvalue weighted by molar-refractivity contribution is -0.548. The number of urea groups is 1. The Morgan fingerprint density at radius 2 is 2.07 bits per heavy atom. The molecule has 3 rings (SSSR count). The van der Waals surface area contributed by atoms with Crippen LogP contribution in [0.15, 0.2) is 23.2 Å². The van der Waals surface area contributed by atoms with Crippen molar-refractivity contribution >= 4 is 52.3 Å². The highest BCUT2D eigenvalue weighted by atomic mass is 35.5. The average molecular weight is 414 g/mol. The summed E-state index contributed by atoms with van der Waals surface area (Å²) >= 11 is 7.03. The van der Waals surface area contributed by atoms with E-state index < -0.39 is 29.8 Å². The predicted octanol–water partition coefficient (Wildman–Crippen LogP) is 1.47. The van der Waals surface area contributed by atoms with Gasteiger partial charge in [0.2, 0.25) is 0 Å². The molecule has 27 heavy (non-hydrogen) atoms. The summed E-state index contributed by atoms with van der Waals surface area (Å²) in [7, 11) is 2.86. The number of hydrogen-bond acceptors (Lipinski definition) is 5. The van der Waals surface area contributed by atoms with Crippen molar-refractivity contribution in [2.45, 2.75) is 12.6 Å². The second kappa shape index (κ2) is 7.28. The molecule has 2 heterocycles. The van der Waals surface area contributed by atoms with Crippen LogP contribution in [0.4, 0.5) is 9.18 Å². The number of imide groups is 1. The van der Waals surface area contributed by atoms with Gasteiger partial charge < -0.3 is 5.11 Å². The van der Waals surface area contributed by atoms with E-state index >= 15 is 0 Å². The first kappa shape index (κ1) is 19.3. The second-order valence-electron chi connectivity index (χ2n) is 5.94. The van der Waals surface area contributed by atoms with Crippen LogP contribution in [0.3, 0.4) is 0 Å². The van der Waals surface area contributed by atoms with Gasteiger partial charge in [-0.1, -0.05) is 17.7 Å². The van der Waals surface area contributed by atoms with Gasteiger partial charge in [-0.2, -0.15) is 0 Å². The highest BCUT2D eigenvalue weighted by Gasteiger charge is 2.53. The van der Waals surface area contributed by atoms with Crippen molar-refractivity contribution in [3.05, 3.63) is 34.6 Å². The molecule has 1 unspecified atom stereocenters. The third-order valence-corrected chi connectivity index (χ3v) is 5.50. The minimum atomic E-state index is -1.05. The van der Waals surface area contributed by atoms with Gasteiger partial charge in [0.05, 0.1) is 5.02 Å². The van der Waals surface area contributed by atoms with Crippen LogP contribution in [0.1, 0.15) is 5.56 Å². The van der Waals surface area contributed by atoms with Crippen molar-refractivity contribution in [2.75, 3.05) is 19.8 Å². The number of likely N-dealkylation sites (N-methyl/N-ethyl adjacent to an activating group) is 2. The van der Waals surface area contributed by atoms with Crippen LogP contribution in [0.5, 0.6) is 0 Å². The van der Waals surface area contributed by atoms with Gasteiger partial charge >= 0.3 is 17.2 Å². The number of nitrogens with zero attached hydrogens (tertiary/aromatic N) is 4. The number of halogens is 2. The smallest absolute Gasteiger partial charge is 0.358 e. The molecular weight excluding hydrogens is 399 g/mol. The van der Waals surface area contributed by atoms with Gasteiger partial charge in [-0.05, 0) is 28.9 Å². The van der Waals surface area contributed by atoms with Crippen LogP contribution in [-0.4, -0.2) is 74.3 Å². The summed E-state index contributed by atoms with van der Waals surface area (Å²) in [4.78, 5) is 42.4. The standard InChI is InChI=1S/C16H14ClFN4O4S/c1-20-13-12(14(25)21(2)16(20)26)22(15(19-13)27-7-11(23)24)6-8-3-4-9(18)5-10(8)17/h3-5,12H,6-7H2,1-2H3/p+1. The molecule has 0 saturated carbocycles. The maximum absolute atomic E-state index is 13.3. The fourth-order valence-corrected chi connectivity index (χ4v) is 3.78. The Labute approximate surface area is 162 Å². The van der Waals surface area contributed by atoms with E-state index in [1.54, 1.807) is 4.58 Å². The first-order valence-corrected chi connectivity index (χ1v) is 9.13. The summed E-state index contributed by atoms with van der Waals surface area (Å²) in [5.74, 6) is -2.08. The van der Waals surface area contributed by atoms with Gasteiger partial charge in [-0.25, -0.2) is 13.8 Å². The van der Waals surface area contributed by atoms with Crippen molar-refractivity contribution in [1.29, 1.82) is 0 Å². The van der Waals surface area contributed by atoms with Crippen LogP contribution in [-0.2, 0) is 16.1 Å². The lowest BCUT2D eigenvalue weighted by Gasteiger charge is -2.30. The molecule has 1 aromatic rings. The highest BCUT2D eigenvalue weighted by molar-refractivity contribution is 8.14. The number of carbonyl (C=O) groups excluding carboxylic acids is 2.